The third-order valence-electron chi connectivity index (χ3n) is 1.84. The first-order valence-electron chi connectivity index (χ1n) is 4.61. The Hall–Kier alpha value is -1.76. The van der Waals surface area contributed by atoms with Crippen molar-refractivity contribution in [3.05, 3.63) is 28.5 Å². The van der Waals surface area contributed by atoms with Crippen molar-refractivity contribution in [1.29, 1.82) is 0 Å². The fraction of sp³-hybridized carbons (Fsp3) is 0.200. The maximum Gasteiger partial charge on any atom is 0.305 e. The topological polar surface area (TPSA) is 96.4 Å². The molecule has 2 N–H and O–H groups in total. The number of hydrogen-bond donors (Lipinski definition) is 2. The quantitative estimate of drug-likeness (QED) is 0.777. The summed E-state index contributed by atoms with van der Waals surface area (Å²) in [4.78, 5) is 36.4. The van der Waals surface area contributed by atoms with Crippen molar-refractivity contribution in [2.24, 2.45) is 0 Å². The number of amides is 1. The second-order valence-electron chi connectivity index (χ2n) is 3.21. The van der Waals surface area contributed by atoms with E-state index < -0.39 is 24.3 Å². The fourth-order valence-corrected chi connectivity index (χ4v) is 1.47. The van der Waals surface area contributed by atoms with Crippen LogP contribution < -0.4 is 5.32 Å². The number of aliphatic carboxylic acids is 1. The Labute approximate surface area is 105 Å². The Kier molecular flexibility index (Phi) is 4.77. The first-order valence-corrected chi connectivity index (χ1v) is 5.40. The monoisotopic (exact) mass is 300 g/mol. The molecule has 0 saturated carbocycles. The van der Waals surface area contributed by atoms with Crippen molar-refractivity contribution in [2.75, 3.05) is 0 Å². The highest BCUT2D eigenvalue weighted by Gasteiger charge is 2.16. The van der Waals surface area contributed by atoms with Crippen molar-refractivity contribution in [3.8, 4) is 0 Å². The number of nitrogens with zero attached hydrogens (tertiary/aromatic N) is 1. The first-order chi connectivity index (χ1) is 8.02. The van der Waals surface area contributed by atoms with Gasteiger partial charge in [-0.3, -0.25) is 14.6 Å². The Morgan fingerprint density at radius 3 is 2.76 bits per heavy atom. The zero-order chi connectivity index (χ0) is 12.8. The van der Waals surface area contributed by atoms with Crippen LogP contribution in [0.1, 0.15) is 16.8 Å². The van der Waals surface area contributed by atoms with Gasteiger partial charge in [0.2, 0.25) is 0 Å². The number of halogens is 1. The van der Waals surface area contributed by atoms with Gasteiger partial charge >= 0.3 is 5.97 Å². The molecule has 6 nitrogen and oxygen atoms in total. The predicted molar refractivity (Wildman–Crippen MR) is 61.5 cm³/mol. The van der Waals surface area contributed by atoms with Crippen LogP contribution in [0.4, 0.5) is 0 Å². The summed E-state index contributed by atoms with van der Waals surface area (Å²) in [6.45, 7) is 0. The molecule has 7 heteroatoms. The second kappa shape index (κ2) is 6.09. The van der Waals surface area contributed by atoms with Gasteiger partial charge in [-0.2, -0.15) is 0 Å². The van der Waals surface area contributed by atoms with Gasteiger partial charge < -0.3 is 15.2 Å². The lowest BCUT2D eigenvalue weighted by Gasteiger charge is -2.10. The number of carboxylic acid groups (broad SMARTS) is 1. The average Bonchev–Trinajstić information content (AvgIpc) is 2.27. The van der Waals surface area contributed by atoms with Crippen LogP contribution in [0.5, 0.6) is 0 Å². The molecule has 0 bridgehead atoms. The normalized spacial score (nSPS) is 11.6. The molecule has 0 fully saturated rings. The van der Waals surface area contributed by atoms with Crippen LogP contribution in [0.15, 0.2) is 22.9 Å². The summed E-state index contributed by atoms with van der Waals surface area (Å²) in [7, 11) is 0. The molecule has 0 aliphatic heterocycles. The SMILES string of the molecule is O=C[C@H](CC(=O)O)NC(=O)c1cncc(Br)c1. The minimum absolute atomic E-state index is 0.247. The Morgan fingerprint density at radius 1 is 1.53 bits per heavy atom. The number of aromatic nitrogens is 1. The van der Waals surface area contributed by atoms with Gasteiger partial charge in [-0.1, -0.05) is 0 Å². The molecule has 0 spiro atoms. The zero-order valence-electron chi connectivity index (χ0n) is 8.59. The highest BCUT2D eigenvalue weighted by molar-refractivity contribution is 9.10. The van der Waals surface area contributed by atoms with E-state index in [2.05, 4.69) is 26.2 Å². The van der Waals surface area contributed by atoms with Crippen LogP contribution in [-0.4, -0.2) is 34.3 Å². The molecule has 1 heterocycles. The summed E-state index contributed by atoms with van der Waals surface area (Å²) in [6, 6.07) is 0.476. The summed E-state index contributed by atoms with van der Waals surface area (Å²) in [5.41, 5.74) is 0.247. The van der Waals surface area contributed by atoms with Gasteiger partial charge in [0.1, 0.15) is 6.29 Å². The van der Waals surface area contributed by atoms with Gasteiger partial charge in [0.25, 0.3) is 5.91 Å². The van der Waals surface area contributed by atoms with E-state index in [1.165, 1.54) is 18.5 Å². The van der Waals surface area contributed by atoms with Gasteiger partial charge in [-0.05, 0) is 22.0 Å². The van der Waals surface area contributed by atoms with E-state index in [1.807, 2.05) is 0 Å². The molecule has 1 atom stereocenters. The number of carbonyl (C=O) groups excluding carboxylic acids is 2. The van der Waals surface area contributed by atoms with Gasteiger partial charge in [0, 0.05) is 16.9 Å². The third-order valence-corrected chi connectivity index (χ3v) is 2.28. The average molecular weight is 301 g/mol. The molecule has 1 rings (SSSR count). The van der Waals surface area contributed by atoms with Crippen molar-refractivity contribution in [1.82, 2.24) is 10.3 Å². The van der Waals surface area contributed by atoms with E-state index in [4.69, 9.17) is 5.11 Å². The van der Waals surface area contributed by atoms with E-state index in [0.29, 0.717) is 10.8 Å². The first kappa shape index (κ1) is 13.3. The van der Waals surface area contributed by atoms with E-state index in [0.717, 1.165) is 0 Å². The van der Waals surface area contributed by atoms with Crippen molar-refractivity contribution < 1.29 is 19.5 Å². The number of aldehydes is 1. The Bertz CT molecular complexity index is 450. The van der Waals surface area contributed by atoms with E-state index >= 15 is 0 Å². The molecule has 1 aromatic rings. The maximum absolute atomic E-state index is 11.6. The standard InChI is InChI=1S/C10H9BrN2O4/c11-7-1-6(3-12-4-7)10(17)13-8(5-14)2-9(15)16/h1,3-5,8H,2H2,(H,13,17)(H,15,16)/t8-/m0/s1. The molecule has 17 heavy (non-hydrogen) atoms. The summed E-state index contributed by atoms with van der Waals surface area (Å²) < 4.78 is 0.617. The Morgan fingerprint density at radius 2 is 2.24 bits per heavy atom. The maximum atomic E-state index is 11.6. The minimum Gasteiger partial charge on any atom is -0.481 e. The molecule has 0 aliphatic rings. The van der Waals surface area contributed by atoms with Crippen LogP contribution in [0.3, 0.4) is 0 Å². The summed E-state index contributed by atoms with van der Waals surface area (Å²) in [6.07, 6.45) is 2.77. The van der Waals surface area contributed by atoms with Crippen LogP contribution in [0, 0.1) is 0 Å². The number of carbonyl (C=O) groups is 3. The number of carboxylic acids is 1. The second-order valence-corrected chi connectivity index (χ2v) is 4.12. The van der Waals surface area contributed by atoms with Gasteiger partial charge in [0.05, 0.1) is 18.0 Å². The minimum atomic E-state index is -1.16. The lowest BCUT2D eigenvalue weighted by molar-refractivity contribution is -0.138. The van der Waals surface area contributed by atoms with Crippen molar-refractivity contribution in [2.45, 2.75) is 12.5 Å². The molecule has 1 aromatic heterocycles. The molecule has 0 saturated heterocycles. The van der Waals surface area contributed by atoms with Crippen LogP contribution >= 0.6 is 15.9 Å². The van der Waals surface area contributed by atoms with Crippen molar-refractivity contribution >= 4 is 34.1 Å². The number of hydrogen-bond acceptors (Lipinski definition) is 4. The summed E-state index contributed by atoms with van der Waals surface area (Å²) in [5.74, 6) is -1.70. The van der Waals surface area contributed by atoms with Gasteiger partial charge in [-0.15, -0.1) is 0 Å². The van der Waals surface area contributed by atoms with E-state index in [9.17, 15) is 14.4 Å². The molecule has 1 amide bonds. The molecule has 0 radical (unpaired) electrons. The smallest absolute Gasteiger partial charge is 0.305 e. The molecule has 0 aliphatic carbocycles. The summed E-state index contributed by atoms with van der Waals surface area (Å²) in [5, 5.41) is 10.8. The molecule has 90 valence electrons. The van der Waals surface area contributed by atoms with Crippen molar-refractivity contribution in [3.63, 3.8) is 0 Å². The molecule has 0 aromatic carbocycles. The largest absolute Gasteiger partial charge is 0.481 e. The van der Waals surface area contributed by atoms with E-state index in [1.54, 1.807) is 0 Å². The highest BCUT2D eigenvalue weighted by atomic mass is 79.9. The van der Waals surface area contributed by atoms with Crippen LogP contribution in [0.2, 0.25) is 0 Å². The molecular weight excluding hydrogens is 292 g/mol. The van der Waals surface area contributed by atoms with Crippen LogP contribution in [0.25, 0.3) is 0 Å². The Balaban J connectivity index is 2.70. The number of nitrogens with one attached hydrogen (secondary N) is 1. The zero-order valence-corrected chi connectivity index (χ0v) is 10.2. The third kappa shape index (κ3) is 4.31. The molecular formula is C10H9BrN2O4. The number of pyridine rings is 1. The summed E-state index contributed by atoms with van der Waals surface area (Å²) >= 11 is 3.15. The van der Waals surface area contributed by atoms with Gasteiger partial charge in [0.15, 0.2) is 0 Å². The predicted octanol–water partition coefficient (Wildman–Crippen LogP) is 0.616. The highest BCUT2D eigenvalue weighted by Crippen LogP contribution is 2.09. The lowest BCUT2D eigenvalue weighted by atomic mass is 10.2. The lowest BCUT2D eigenvalue weighted by Crippen LogP contribution is -2.37. The van der Waals surface area contributed by atoms with E-state index in [-0.39, 0.29) is 5.56 Å². The molecule has 0 unspecified atom stereocenters. The van der Waals surface area contributed by atoms with Gasteiger partial charge in [-0.25, -0.2) is 0 Å². The van der Waals surface area contributed by atoms with Crippen LogP contribution in [-0.2, 0) is 9.59 Å². The fourth-order valence-electron chi connectivity index (χ4n) is 1.11. The number of rotatable bonds is 5.